The third kappa shape index (κ3) is 4.21. The van der Waals surface area contributed by atoms with Crippen LogP contribution in [0.5, 0.6) is 11.5 Å². The number of rotatable bonds is 8. The quantitative estimate of drug-likeness (QED) is 0.609. The summed E-state index contributed by atoms with van der Waals surface area (Å²) in [7, 11) is 1.70. The summed E-state index contributed by atoms with van der Waals surface area (Å²) >= 11 is 0. The normalized spacial score (nSPS) is 21.4. The summed E-state index contributed by atoms with van der Waals surface area (Å²) in [4.78, 5) is 7.48. The molecule has 1 unspecified atom stereocenters. The van der Waals surface area contributed by atoms with Crippen LogP contribution in [0.3, 0.4) is 0 Å². The van der Waals surface area contributed by atoms with E-state index < -0.39 is 0 Å². The van der Waals surface area contributed by atoms with E-state index in [-0.39, 0.29) is 12.2 Å². The molecule has 1 saturated heterocycles. The first-order chi connectivity index (χ1) is 14.5. The Morgan fingerprint density at radius 3 is 2.57 bits per heavy atom. The van der Waals surface area contributed by atoms with Crippen LogP contribution in [0.4, 0.5) is 5.82 Å². The number of nitrogens with one attached hydrogen (secondary N) is 1. The van der Waals surface area contributed by atoms with E-state index >= 15 is 0 Å². The molecule has 164 valence electrons. The lowest BCUT2D eigenvalue weighted by atomic mass is 9.98. The molecule has 3 heterocycles. The maximum absolute atomic E-state index is 6.14. The summed E-state index contributed by atoms with van der Waals surface area (Å²) < 4.78 is 18.0. The predicted molar refractivity (Wildman–Crippen MR) is 121 cm³/mol. The summed E-state index contributed by atoms with van der Waals surface area (Å²) in [6.07, 6.45) is 3.69. The SMILES string of the molecule is COc1cc2c3c(c(NC(C)C)nc2cc1OCCCN1CCCC1)C(C)O[C@H]3C. The smallest absolute Gasteiger partial charge is 0.163 e. The van der Waals surface area contributed by atoms with Crippen molar-refractivity contribution in [1.29, 1.82) is 0 Å². The average Bonchev–Trinajstić information content (AvgIpc) is 3.32. The zero-order chi connectivity index (χ0) is 21.3. The fourth-order valence-corrected chi connectivity index (χ4v) is 4.73. The molecule has 6 nitrogen and oxygen atoms in total. The maximum Gasteiger partial charge on any atom is 0.163 e. The van der Waals surface area contributed by atoms with Gasteiger partial charge in [0, 0.05) is 29.6 Å². The van der Waals surface area contributed by atoms with E-state index in [0.29, 0.717) is 12.6 Å². The Labute approximate surface area is 179 Å². The first kappa shape index (κ1) is 21.2. The fraction of sp³-hybridized carbons (Fsp3) is 0.625. The van der Waals surface area contributed by atoms with Gasteiger partial charge in [0.15, 0.2) is 11.5 Å². The van der Waals surface area contributed by atoms with Gasteiger partial charge in [-0.15, -0.1) is 0 Å². The molecular formula is C24H35N3O3. The van der Waals surface area contributed by atoms with Gasteiger partial charge in [0.05, 0.1) is 31.4 Å². The van der Waals surface area contributed by atoms with Crippen molar-refractivity contribution in [3.05, 3.63) is 23.3 Å². The molecule has 2 aliphatic heterocycles. The predicted octanol–water partition coefficient (Wildman–Crippen LogP) is 5.08. The van der Waals surface area contributed by atoms with Gasteiger partial charge in [-0.3, -0.25) is 0 Å². The highest BCUT2D eigenvalue weighted by molar-refractivity contribution is 5.90. The Hall–Kier alpha value is -2.05. The van der Waals surface area contributed by atoms with Crippen molar-refractivity contribution in [2.24, 2.45) is 0 Å². The maximum atomic E-state index is 6.14. The minimum absolute atomic E-state index is 0.0145. The monoisotopic (exact) mass is 413 g/mol. The molecule has 1 aromatic carbocycles. The lowest BCUT2D eigenvalue weighted by Gasteiger charge is -2.19. The Kier molecular flexibility index (Phi) is 6.34. The molecule has 1 aromatic heterocycles. The van der Waals surface area contributed by atoms with E-state index in [1.54, 1.807) is 7.11 Å². The molecule has 0 amide bonds. The van der Waals surface area contributed by atoms with Gasteiger partial charge in [0.2, 0.25) is 0 Å². The molecule has 0 bridgehead atoms. The van der Waals surface area contributed by atoms with Gasteiger partial charge in [-0.05, 0) is 71.7 Å². The minimum Gasteiger partial charge on any atom is -0.493 e. The number of ether oxygens (including phenoxy) is 3. The molecule has 2 aliphatic rings. The number of hydrogen-bond donors (Lipinski definition) is 1. The van der Waals surface area contributed by atoms with Crippen LogP contribution in [0.1, 0.15) is 70.3 Å². The summed E-state index contributed by atoms with van der Waals surface area (Å²) in [5.74, 6) is 2.42. The summed E-state index contributed by atoms with van der Waals surface area (Å²) in [5, 5.41) is 4.59. The Balaban J connectivity index is 1.63. The molecule has 2 aromatic rings. The van der Waals surface area contributed by atoms with Gasteiger partial charge in [-0.2, -0.15) is 0 Å². The van der Waals surface area contributed by atoms with E-state index in [1.807, 2.05) is 6.07 Å². The van der Waals surface area contributed by atoms with Crippen molar-refractivity contribution >= 4 is 16.7 Å². The van der Waals surface area contributed by atoms with Crippen LogP contribution in [-0.4, -0.2) is 49.3 Å². The molecule has 2 atom stereocenters. The highest BCUT2D eigenvalue weighted by Crippen LogP contribution is 2.47. The highest BCUT2D eigenvalue weighted by atomic mass is 16.5. The van der Waals surface area contributed by atoms with Gasteiger partial charge >= 0.3 is 0 Å². The molecule has 1 fully saturated rings. The van der Waals surface area contributed by atoms with E-state index in [0.717, 1.165) is 46.7 Å². The molecule has 30 heavy (non-hydrogen) atoms. The zero-order valence-corrected chi connectivity index (χ0v) is 19.0. The molecule has 0 spiro atoms. The zero-order valence-electron chi connectivity index (χ0n) is 19.0. The Bertz CT molecular complexity index is 893. The van der Waals surface area contributed by atoms with Crippen molar-refractivity contribution < 1.29 is 14.2 Å². The van der Waals surface area contributed by atoms with Crippen LogP contribution in [-0.2, 0) is 4.74 Å². The number of anilines is 1. The second-order valence-corrected chi connectivity index (χ2v) is 8.78. The van der Waals surface area contributed by atoms with E-state index in [9.17, 15) is 0 Å². The van der Waals surface area contributed by atoms with Gasteiger partial charge in [0.25, 0.3) is 0 Å². The van der Waals surface area contributed by atoms with Gasteiger partial charge in [0.1, 0.15) is 5.82 Å². The van der Waals surface area contributed by atoms with Crippen LogP contribution >= 0.6 is 0 Å². The third-order valence-electron chi connectivity index (χ3n) is 6.07. The molecule has 0 aliphatic carbocycles. The van der Waals surface area contributed by atoms with Crippen molar-refractivity contribution in [3.8, 4) is 11.5 Å². The highest BCUT2D eigenvalue weighted by Gasteiger charge is 2.32. The number of aromatic nitrogens is 1. The lowest BCUT2D eigenvalue weighted by molar-refractivity contribution is 0.0338. The fourth-order valence-electron chi connectivity index (χ4n) is 4.73. The lowest BCUT2D eigenvalue weighted by Crippen LogP contribution is -2.21. The van der Waals surface area contributed by atoms with E-state index in [4.69, 9.17) is 19.2 Å². The Morgan fingerprint density at radius 1 is 1.13 bits per heavy atom. The molecule has 1 N–H and O–H groups in total. The number of pyridine rings is 1. The topological polar surface area (TPSA) is 55.8 Å². The average molecular weight is 414 g/mol. The van der Waals surface area contributed by atoms with Gasteiger partial charge in [-0.1, -0.05) is 0 Å². The van der Waals surface area contributed by atoms with Gasteiger partial charge in [-0.25, -0.2) is 4.98 Å². The second kappa shape index (κ2) is 8.98. The van der Waals surface area contributed by atoms with Crippen molar-refractivity contribution in [2.75, 3.05) is 38.7 Å². The van der Waals surface area contributed by atoms with Crippen molar-refractivity contribution in [1.82, 2.24) is 9.88 Å². The van der Waals surface area contributed by atoms with Crippen LogP contribution < -0.4 is 14.8 Å². The molecular weight excluding hydrogens is 378 g/mol. The standard InChI is InChI=1S/C24H35N3O3/c1-15(2)25-24-23-17(4)30-16(3)22(23)18-13-20(28-5)21(14-19(18)26-24)29-12-8-11-27-9-6-7-10-27/h13-17H,6-12H2,1-5H3,(H,25,26)/t16-,17?/m0/s1. The Morgan fingerprint density at radius 2 is 1.87 bits per heavy atom. The molecule has 4 rings (SSSR count). The van der Waals surface area contributed by atoms with Crippen molar-refractivity contribution in [2.45, 2.75) is 65.2 Å². The largest absolute Gasteiger partial charge is 0.493 e. The summed E-state index contributed by atoms with van der Waals surface area (Å²) in [5.41, 5.74) is 3.27. The number of methoxy groups -OCH3 is 1. The number of likely N-dealkylation sites (tertiary alicyclic amines) is 1. The van der Waals surface area contributed by atoms with Crippen LogP contribution in [0.25, 0.3) is 10.9 Å². The van der Waals surface area contributed by atoms with Crippen molar-refractivity contribution in [3.63, 3.8) is 0 Å². The number of benzene rings is 1. The molecule has 6 heteroatoms. The molecule has 0 radical (unpaired) electrons. The summed E-state index contributed by atoms with van der Waals surface area (Å²) in [6.45, 7) is 12.7. The van der Waals surface area contributed by atoms with E-state index in [2.05, 4.69) is 44.0 Å². The van der Waals surface area contributed by atoms with Gasteiger partial charge < -0.3 is 24.4 Å². The first-order valence-electron chi connectivity index (χ1n) is 11.3. The molecule has 0 saturated carbocycles. The number of fused-ring (bicyclic) bond motifs is 3. The number of hydrogen-bond acceptors (Lipinski definition) is 6. The van der Waals surface area contributed by atoms with Crippen LogP contribution in [0.15, 0.2) is 12.1 Å². The van der Waals surface area contributed by atoms with Crippen LogP contribution in [0, 0.1) is 0 Å². The summed E-state index contributed by atoms with van der Waals surface area (Å²) in [6, 6.07) is 4.38. The second-order valence-electron chi connectivity index (χ2n) is 8.78. The third-order valence-corrected chi connectivity index (χ3v) is 6.07. The minimum atomic E-state index is 0.0145. The number of nitrogens with zero attached hydrogens (tertiary/aromatic N) is 2. The van der Waals surface area contributed by atoms with Crippen LogP contribution in [0.2, 0.25) is 0 Å². The first-order valence-corrected chi connectivity index (χ1v) is 11.3. The van der Waals surface area contributed by atoms with E-state index in [1.165, 1.54) is 31.5 Å².